The molecule has 4 heteroatoms. The molecule has 1 aromatic heterocycles. The van der Waals surface area contributed by atoms with Crippen LogP contribution >= 0.6 is 0 Å². The molecule has 1 unspecified atom stereocenters. The van der Waals surface area contributed by atoms with Gasteiger partial charge >= 0.3 is 0 Å². The number of hydrogen-bond donors (Lipinski definition) is 2. The van der Waals surface area contributed by atoms with Crippen molar-refractivity contribution in [3.8, 4) is 0 Å². The molecule has 1 fully saturated rings. The Morgan fingerprint density at radius 2 is 2.44 bits per heavy atom. The molecule has 1 aliphatic heterocycles. The maximum Gasteiger partial charge on any atom is 0.129 e. The minimum absolute atomic E-state index is 0.105. The fourth-order valence-corrected chi connectivity index (χ4v) is 2.16. The standard InChI is InChI=1S/C12H18N4/c1-9-3-2-6-16(8-9)11-7-10(12(13)14)4-5-15-11/h4-5,7,9H,2-3,6,8H2,1H3,(H3,13,14). The van der Waals surface area contributed by atoms with Crippen LogP contribution in [-0.2, 0) is 0 Å². The van der Waals surface area contributed by atoms with E-state index in [9.17, 15) is 0 Å². The zero-order valence-corrected chi connectivity index (χ0v) is 9.61. The Morgan fingerprint density at radius 1 is 1.62 bits per heavy atom. The van der Waals surface area contributed by atoms with Crippen LogP contribution in [0.4, 0.5) is 5.82 Å². The normalized spacial score (nSPS) is 20.8. The average molecular weight is 218 g/mol. The van der Waals surface area contributed by atoms with Gasteiger partial charge < -0.3 is 10.6 Å². The lowest BCUT2D eigenvalue weighted by Gasteiger charge is -2.31. The predicted octanol–water partition coefficient (Wildman–Crippen LogP) is 1.60. The van der Waals surface area contributed by atoms with Gasteiger partial charge in [-0.05, 0) is 30.9 Å². The smallest absolute Gasteiger partial charge is 0.129 e. The second kappa shape index (κ2) is 4.51. The molecule has 1 saturated heterocycles. The molecule has 2 heterocycles. The van der Waals surface area contributed by atoms with Crippen LogP contribution in [0.25, 0.3) is 0 Å². The summed E-state index contributed by atoms with van der Waals surface area (Å²) >= 11 is 0. The monoisotopic (exact) mass is 218 g/mol. The molecule has 86 valence electrons. The number of nitrogen functional groups attached to an aromatic ring is 1. The van der Waals surface area contributed by atoms with E-state index in [4.69, 9.17) is 11.1 Å². The molecule has 0 radical (unpaired) electrons. The van der Waals surface area contributed by atoms with Crippen LogP contribution in [0, 0.1) is 11.3 Å². The van der Waals surface area contributed by atoms with Gasteiger partial charge in [0, 0.05) is 24.8 Å². The summed E-state index contributed by atoms with van der Waals surface area (Å²) < 4.78 is 0. The first-order valence-electron chi connectivity index (χ1n) is 5.72. The van der Waals surface area contributed by atoms with E-state index in [1.54, 1.807) is 12.3 Å². The lowest BCUT2D eigenvalue weighted by Crippen LogP contribution is -2.34. The van der Waals surface area contributed by atoms with E-state index in [-0.39, 0.29) is 5.84 Å². The summed E-state index contributed by atoms with van der Waals surface area (Å²) in [5, 5.41) is 7.42. The summed E-state index contributed by atoms with van der Waals surface area (Å²) in [5.74, 6) is 1.77. The molecule has 1 aliphatic rings. The molecule has 0 spiro atoms. The third kappa shape index (κ3) is 2.32. The fourth-order valence-electron chi connectivity index (χ4n) is 2.16. The quantitative estimate of drug-likeness (QED) is 0.585. The highest BCUT2D eigenvalue weighted by molar-refractivity contribution is 5.95. The van der Waals surface area contributed by atoms with Crippen LogP contribution in [0.15, 0.2) is 18.3 Å². The Kier molecular flexibility index (Phi) is 3.08. The summed E-state index contributed by atoms with van der Waals surface area (Å²) in [4.78, 5) is 6.63. The number of hydrogen-bond acceptors (Lipinski definition) is 3. The van der Waals surface area contributed by atoms with Gasteiger partial charge in [-0.1, -0.05) is 6.92 Å². The lowest BCUT2D eigenvalue weighted by atomic mass is 10.0. The Hall–Kier alpha value is -1.58. The Bertz CT molecular complexity index is 388. The molecule has 0 saturated carbocycles. The number of amidine groups is 1. The third-order valence-electron chi connectivity index (χ3n) is 3.04. The van der Waals surface area contributed by atoms with Gasteiger partial charge in [-0.3, -0.25) is 5.41 Å². The summed E-state index contributed by atoms with van der Waals surface area (Å²) in [6.45, 7) is 4.37. The van der Waals surface area contributed by atoms with E-state index in [1.807, 2.05) is 6.07 Å². The molecule has 0 aromatic carbocycles. The minimum Gasteiger partial charge on any atom is -0.384 e. The van der Waals surface area contributed by atoms with Crippen molar-refractivity contribution in [3.05, 3.63) is 23.9 Å². The highest BCUT2D eigenvalue weighted by Crippen LogP contribution is 2.21. The van der Waals surface area contributed by atoms with Crippen LogP contribution in [0.5, 0.6) is 0 Å². The number of nitrogens with one attached hydrogen (secondary N) is 1. The van der Waals surface area contributed by atoms with Crippen molar-refractivity contribution in [2.24, 2.45) is 11.7 Å². The van der Waals surface area contributed by atoms with Crippen molar-refractivity contribution >= 4 is 11.7 Å². The van der Waals surface area contributed by atoms with E-state index in [1.165, 1.54) is 12.8 Å². The predicted molar refractivity (Wildman–Crippen MR) is 65.9 cm³/mol. The molecule has 1 aromatic rings. The Morgan fingerprint density at radius 3 is 3.12 bits per heavy atom. The molecule has 1 atom stereocenters. The molecule has 0 amide bonds. The second-order valence-corrected chi connectivity index (χ2v) is 4.51. The zero-order valence-electron chi connectivity index (χ0n) is 9.61. The lowest BCUT2D eigenvalue weighted by molar-refractivity contribution is 0.444. The van der Waals surface area contributed by atoms with Crippen molar-refractivity contribution < 1.29 is 0 Å². The largest absolute Gasteiger partial charge is 0.384 e. The number of pyridine rings is 1. The van der Waals surface area contributed by atoms with Gasteiger partial charge in [0.05, 0.1) is 0 Å². The van der Waals surface area contributed by atoms with Crippen LogP contribution in [0.2, 0.25) is 0 Å². The molecule has 3 N–H and O–H groups in total. The summed E-state index contributed by atoms with van der Waals surface area (Å²) in [6.07, 6.45) is 4.24. The van der Waals surface area contributed by atoms with E-state index >= 15 is 0 Å². The third-order valence-corrected chi connectivity index (χ3v) is 3.04. The average Bonchev–Trinajstić information content (AvgIpc) is 2.29. The van der Waals surface area contributed by atoms with Crippen molar-refractivity contribution in [1.29, 1.82) is 5.41 Å². The molecule has 16 heavy (non-hydrogen) atoms. The zero-order chi connectivity index (χ0) is 11.5. The Labute approximate surface area is 96.0 Å². The van der Waals surface area contributed by atoms with E-state index < -0.39 is 0 Å². The van der Waals surface area contributed by atoms with Crippen molar-refractivity contribution in [2.75, 3.05) is 18.0 Å². The van der Waals surface area contributed by atoms with Gasteiger partial charge in [0.2, 0.25) is 0 Å². The molecule has 4 nitrogen and oxygen atoms in total. The van der Waals surface area contributed by atoms with Gasteiger partial charge in [0.25, 0.3) is 0 Å². The highest BCUT2D eigenvalue weighted by Gasteiger charge is 2.17. The number of nitrogens with two attached hydrogens (primary N) is 1. The summed E-state index contributed by atoms with van der Waals surface area (Å²) in [6, 6.07) is 3.68. The van der Waals surface area contributed by atoms with Gasteiger partial charge in [-0.2, -0.15) is 0 Å². The number of anilines is 1. The van der Waals surface area contributed by atoms with Crippen LogP contribution in [0.1, 0.15) is 25.3 Å². The van der Waals surface area contributed by atoms with Crippen molar-refractivity contribution in [2.45, 2.75) is 19.8 Å². The van der Waals surface area contributed by atoms with E-state index in [0.29, 0.717) is 0 Å². The number of rotatable bonds is 2. The Balaban J connectivity index is 2.19. The van der Waals surface area contributed by atoms with Gasteiger partial charge in [0.1, 0.15) is 11.7 Å². The van der Waals surface area contributed by atoms with Gasteiger partial charge in [-0.15, -0.1) is 0 Å². The molecular weight excluding hydrogens is 200 g/mol. The van der Waals surface area contributed by atoms with Crippen molar-refractivity contribution in [1.82, 2.24) is 4.98 Å². The number of nitrogens with zero attached hydrogens (tertiary/aromatic N) is 2. The molecule has 2 rings (SSSR count). The molecular formula is C12H18N4. The molecule has 0 bridgehead atoms. The molecule has 0 aliphatic carbocycles. The fraction of sp³-hybridized carbons (Fsp3) is 0.500. The van der Waals surface area contributed by atoms with Gasteiger partial charge in [0.15, 0.2) is 0 Å². The SMILES string of the molecule is CC1CCCN(c2cc(C(=N)N)ccn2)C1. The number of aromatic nitrogens is 1. The maximum atomic E-state index is 7.42. The summed E-state index contributed by atoms with van der Waals surface area (Å²) in [5.41, 5.74) is 6.23. The topological polar surface area (TPSA) is 66.0 Å². The van der Waals surface area contributed by atoms with E-state index in [2.05, 4.69) is 16.8 Å². The first-order chi connectivity index (χ1) is 7.66. The second-order valence-electron chi connectivity index (χ2n) is 4.51. The first kappa shape index (κ1) is 10.9. The first-order valence-corrected chi connectivity index (χ1v) is 5.72. The number of piperidine rings is 1. The van der Waals surface area contributed by atoms with Gasteiger partial charge in [-0.25, -0.2) is 4.98 Å². The van der Waals surface area contributed by atoms with Crippen LogP contribution in [0.3, 0.4) is 0 Å². The van der Waals surface area contributed by atoms with E-state index in [0.717, 1.165) is 30.4 Å². The van der Waals surface area contributed by atoms with Crippen LogP contribution in [-0.4, -0.2) is 23.9 Å². The minimum atomic E-state index is 0.105. The maximum absolute atomic E-state index is 7.42. The highest BCUT2D eigenvalue weighted by atomic mass is 15.2. The van der Waals surface area contributed by atoms with Crippen LogP contribution < -0.4 is 10.6 Å². The van der Waals surface area contributed by atoms with Crippen molar-refractivity contribution in [3.63, 3.8) is 0 Å². The summed E-state index contributed by atoms with van der Waals surface area (Å²) in [7, 11) is 0.